The van der Waals surface area contributed by atoms with Gasteiger partial charge in [0.15, 0.2) is 0 Å². The Morgan fingerprint density at radius 3 is 2.96 bits per heavy atom. The summed E-state index contributed by atoms with van der Waals surface area (Å²) in [6.45, 7) is 0. The van der Waals surface area contributed by atoms with Crippen LogP contribution in [0.25, 0.3) is 10.9 Å². The maximum Gasteiger partial charge on any atom is 0.224 e. The number of halogens is 2. The van der Waals surface area contributed by atoms with Crippen LogP contribution >= 0.6 is 11.6 Å². The molecule has 1 aromatic heterocycles. The van der Waals surface area contributed by atoms with E-state index in [-0.39, 0.29) is 24.2 Å². The van der Waals surface area contributed by atoms with Crippen molar-refractivity contribution in [2.45, 2.75) is 31.7 Å². The lowest BCUT2D eigenvalue weighted by Gasteiger charge is -2.23. The van der Waals surface area contributed by atoms with Crippen LogP contribution in [0.1, 0.15) is 23.2 Å². The third-order valence-electron chi connectivity index (χ3n) is 4.82. The smallest absolute Gasteiger partial charge is 0.224 e. The zero-order chi connectivity index (χ0) is 17.4. The van der Waals surface area contributed by atoms with Crippen molar-refractivity contribution < 1.29 is 9.18 Å². The van der Waals surface area contributed by atoms with E-state index in [0.717, 1.165) is 30.2 Å². The summed E-state index contributed by atoms with van der Waals surface area (Å²) < 4.78 is 13.7. The lowest BCUT2D eigenvalue weighted by atomic mass is 9.91. The van der Waals surface area contributed by atoms with E-state index in [1.54, 1.807) is 18.2 Å². The van der Waals surface area contributed by atoms with Gasteiger partial charge in [-0.3, -0.25) is 4.79 Å². The molecule has 3 aromatic rings. The monoisotopic (exact) mass is 356 g/mol. The van der Waals surface area contributed by atoms with Gasteiger partial charge in [-0.05, 0) is 54.7 Å². The van der Waals surface area contributed by atoms with Gasteiger partial charge < -0.3 is 10.3 Å². The number of aryl methyl sites for hydroxylation is 1. The van der Waals surface area contributed by atoms with Crippen LogP contribution in [-0.4, -0.2) is 16.9 Å². The summed E-state index contributed by atoms with van der Waals surface area (Å²) in [5.41, 5.74) is 3.94. The first-order valence-electron chi connectivity index (χ1n) is 8.42. The minimum Gasteiger partial charge on any atom is -0.358 e. The summed E-state index contributed by atoms with van der Waals surface area (Å²) in [7, 11) is 0. The van der Waals surface area contributed by atoms with Gasteiger partial charge in [0.2, 0.25) is 5.91 Å². The number of hydrogen-bond donors (Lipinski definition) is 2. The molecule has 0 radical (unpaired) electrons. The van der Waals surface area contributed by atoms with Gasteiger partial charge >= 0.3 is 0 Å². The molecular formula is C20H18ClFN2O. The Balaban J connectivity index is 1.49. The Morgan fingerprint density at radius 2 is 2.12 bits per heavy atom. The molecule has 0 saturated heterocycles. The molecule has 0 unspecified atom stereocenters. The molecule has 1 heterocycles. The predicted molar refractivity (Wildman–Crippen MR) is 97.4 cm³/mol. The zero-order valence-corrected chi connectivity index (χ0v) is 14.4. The summed E-state index contributed by atoms with van der Waals surface area (Å²) in [5, 5.41) is 4.88. The fourth-order valence-electron chi connectivity index (χ4n) is 3.61. The Morgan fingerprint density at radius 1 is 1.28 bits per heavy atom. The number of aromatic amines is 1. The first kappa shape index (κ1) is 16.2. The van der Waals surface area contributed by atoms with E-state index >= 15 is 0 Å². The highest BCUT2D eigenvalue weighted by Gasteiger charge is 2.24. The molecule has 0 saturated carbocycles. The Kier molecular flexibility index (Phi) is 4.22. The molecule has 0 spiro atoms. The van der Waals surface area contributed by atoms with E-state index in [1.807, 2.05) is 18.2 Å². The fourth-order valence-corrected chi connectivity index (χ4v) is 3.78. The van der Waals surface area contributed by atoms with Crippen LogP contribution in [0.5, 0.6) is 0 Å². The second-order valence-corrected chi connectivity index (χ2v) is 6.98. The van der Waals surface area contributed by atoms with E-state index in [2.05, 4.69) is 10.3 Å². The van der Waals surface area contributed by atoms with E-state index in [0.29, 0.717) is 10.6 Å². The van der Waals surface area contributed by atoms with Crippen LogP contribution in [0.4, 0.5) is 4.39 Å². The van der Waals surface area contributed by atoms with Crippen molar-refractivity contribution in [3.63, 3.8) is 0 Å². The molecule has 25 heavy (non-hydrogen) atoms. The molecule has 0 bridgehead atoms. The quantitative estimate of drug-likeness (QED) is 0.726. The number of H-pyrrole nitrogens is 1. The maximum absolute atomic E-state index is 13.7. The van der Waals surface area contributed by atoms with Crippen LogP contribution in [0.15, 0.2) is 42.5 Å². The Bertz CT molecular complexity index is 950. The van der Waals surface area contributed by atoms with Crippen LogP contribution in [-0.2, 0) is 24.1 Å². The number of benzene rings is 2. The summed E-state index contributed by atoms with van der Waals surface area (Å²) >= 11 is 6.12. The minimum absolute atomic E-state index is 0.0600. The highest BCUT2D eigenvalue weighted by molar-refractivity contribution is 6.31. The highest BCUT2D eigenvalue weighted by atomic mass is 35.5. The standard InChI is InChI=1S/C20H18ClFN2O/c21-13-5-7-18-15(10-13)16-11-14(6-8-19(16)24-18)23-20(25)9-12-3-1-2-4-17(12)22/h1-5,7,10,14,24H,6,8-9,11H2,(H,23,25)/t14-/m1/s1. The molecule has 2 aromatic carbocycles. The van der Waals surface area contributed by atoms with E-state index in [9.17, 15) is 9.18 Å². The Labute approximate surface area is 150 Å². The molecule has 2 N–H and O–H groups in total. The normalized spacial score (nSPS) is 16.6. The van der Waals surface area contributed by atoms with Gasteiger partial charge in [0.1, 0.15) is 5.82 Å². The number of nitrogens with one attached hydrogen (secondary N) is 2. The van der Waals surface area contributed by atoms with Gasteiger partial charge in [-0.1, -0.05) is 29.8 Å². The van der Waals surface area contributed by atoms with Crippen molar-refractivity contribution in [3.05, 3.63) is 70.1 Å². The van der Waals surface area contributed by atoms with Crippen molar-refractivity contribution >= 4 is 28.4 Å². The van der Waals surface area contributed by atoms with Crippen molar-refractivity contribution in [3.8, 4) is 0 Å². The van der Waals surface area contributed by atoms with Crippen molar-refractivity contribution in [1.29, 1.82) is 0 Å². The van der Waals surface area contributed by atoms with Crippen LogP contribution in [0, 0.1) is 5.82 Å². The highest BCUT2D eigenvalue weighted by Crippen LogP contribution is 2.31. The number of carbonyl (C=O) groups is 1. The number of amides is 1. The average molecular weight is 357 g/mol. The number of hydrogen-bond acceptors (Lipinski definition) is 1. The van der Waals surface area contributed by atoms with Gasteiger partial charge in [-0.15, -0.1) is 0 Å². The third kappa shape index (κ3) is 3.27. The summed E-state index contributed by atoms with van der Waals surface area (Å²) in [6.07, 6.45) is 2.58. The largest absolute Gasteiger partial charge is 0.358 e. The first-order valence-corrected chi connectivity index (χ1v) is 8.79. The van der Waals surface area contributed by atoms with E-state index < -0.39 is 0 Å². The van der Waals surface area contributed by atoms with Crippen LogP contribution in [0.3, 0.4) is 0 Å². The molecule has 4 rings (SSSR count). The van der Waals surface area contributed by atoms with Gasteiger partial charge in [0.05, 0.1) is 6.42 Å². The summed E-state index contributed by atoms with van der Waals surface area (Å²) in [5.74, 6) is -0.480. The maximum atomic E-state index is 13.7. The number of carbonyl (C=O) groups excluding carboxylic acids is 1. The second-order valence-electron chi connectivity index (χ2n) is 6.55. The zero-order valence-electron chi connectivity index (χ0n) is 13.6. The molecule has 3 nitrogen and oxygen atoms in total. The van der Waals surface area contributed by atoms with E-state index in [1.165, 1.54) is 17.3 Å². The average Bonchev–Trinajstić information content (AvgIpc) is 2.94. The van der Waals surface area contributed by atoms with Gasteiger partial charge in [-0.2, -0.15) is 0 Å². The van der Waals surface area contributed by atoms with Gasteiger partial charge in [-0.25, -0.2) is 4.39 Å². The molecule has 128 valence electrons. The SMILES string of the molecule is O=C(Cc1ccccc1F)N[C@@H]1CCc2[nH]c3ccc(Cl)cc3c2C1. The minimum atomic E-state index is -0.338. The number of fused-ring (bicyclic) bond motifs is 3. The number of rotatable bonds is 3. The topological polar surface area (TPSA) is 44.9 Å². The summed E-state index contributed by atoms with van der Waals surface area (Å²) in [4.78, 5) is 15.7. The fraction of sp³-hybridized carbons (Fsp3) is 0.250. The molecule has 1 amide bonds. The molecule has 5 heteroatoms. The predicted octanol–water partition coefficient (Wildman–Crippen LogP) is 4.18. The Hall–Kier alpha value is -2.33. The van der Waals surface area contributed by atoms with Gasteiger partial charge in [0, 0.05) is 27.7 Å². The third-order valence-corrected chi connectivity index (χ3v) is 5.06. The summed E-state index contributed by atoms with van der Waals surface area (Å²) in [6, 6.07) is 12.3. The molecule has 1 aliphatic carbocycles. The lowest BCUT2D eigenvalue weighted by molar-refractivity contribution is -0.121. The molecule has 0 fully saturated rings. The molecule has 1 atom stereocenters. The van der Waals surface area contributed by atoms with Gasteiger partial charge in [0.25, 0.3) is 0 Å². The lowest BCUT2D eigenvalue weighted by Crippen LogP contribution is -2.39. The molecule has 0 aliphatic heterocycles. The van der Waals surface area contributed by atoms with Crippen molar-refractivity contribution in [2.24, 2.45) is 0 Å². The van der Waals surface area contributed by atoms with Crippen LogP contribution in [0.2, 0.25) is 5.02 Å². The first-order chi connectivity index (χ1) is 12.1. The number of aromatic nitrogens is 1. The van der Waals surface area contributed by atoms with Crippen molar-refractivity contribution in [2.75, 3.05) is 0 Å². The molecular weight excluding hydrogens is 339 g/mol. The molecule has 1 aliphatic rings. The van der Waals surface area contributed by atoms with Crippen LogP contribution < -0.4 is 5.32 Å². The van der Waals surface area contributed by atoms with E-state index in [4.69, 9.17) is 11.6 Å². The van der Waals surface area contributed by atoms with Crippen molar-refractivity contribution in [1.82, 2.24) is 10.3 Å². The second kappa shape index (κ2) is 6.52.